The number of aliphatic hydroxyl groups excluding tert-OH is 1. The largest absolute Gasteiger partial charge is 0.445 e. The number of nitrogens with one attached hydrogen (secondary N) is 1. The van der Waals surface area contributed by atoms with E-state index in [4.69, 9.17) is 18.9 Å². The van der Waals surface area contributed by atoms with Crippen molar-refractivity contribution in [3.8, 4) is 0 Å². The number of carbonyl (C=O) groups excluding carboxylic acids is 3. The summed E-state index contributed by atoms with van der Waals surface area (Å²) in [6, 6.07) is 23.3. The zero-order valence-electron chi connectivity index (χ0n) is 27.3. The van der Waals surface area contributed by atoms with Crippen LogP contribution < -0.4 is 10.2 Å². The minimum atomic E-state index is -1.02. The summed E-state index contributed by atoms with van der Waals surface area (Å²) < 4.78 is 24.0. The Morgan fingerprint density at radius 1 is 0.958 bits per heavy atom. The molecular formula is C37H43N3O8. The highest BCUT2D eigenvalue weighted by atomic mass is 16.7. The monoisotopic (exact) mass is 657 g/mol. The number of imide groups is 1. The van der Waals surface area contributed by atoms with Crippen molar-refractivity contribution in [3.05, 3.63) is 101 Å². The Labute approximate surface area is 280 Å². The molecule has 3 aromatic carbocycles. The number of hydrogen-bond donors (Lipinski definition) is 2. The summed E-state index contributed by atoms with van der Waals surface area (Å²) in [5.41, 5.74) is 3.78. The molecular weight excluding hydrogens is 614 g/mol. The van der Waals surface area contributed by atoms with Crippen molar-refractivity contribution in [3.63, 3.8) is 0 Å². The van der Waals surface area contributed by atoms with Gasteiger partial charge in [0.25, 0.3) is 5.91 Å². The molecule has 3 aromatic rings. The van der Waals surface area contributed by atoms with Crippen molar-refractivity contribution < 1.29 is 38.4 Å². The average molecular weight is 658 g/mol. The highest BCUT2D eigenvalue weighted by Gasteiger charge is 2.42. The van der Waals surface area contributed by atoms with Crippen LogP contribution in [-0.2, 0) is 41.8 Å². The number of methoxy groups -OCH3 is 1. The summed E-state index contributed by atoms with van der Waals surface area (Å²) in [5, 5.41) is 12.1. The van der Waals surface area contributed by atoms with Gasteiger partial charge < -0.3 is 29.4 Å². The van der Waals surface area contributed by atoms with Crippen LogP contribution >= 0.6 is 0 Å². The summed E-state index contributed by atoms with van der Waals surface area (Å²) in [6.07, 6.45) is 0.180. The fraction of sp³-hybridized carbons (Fsp3) is 0.432. The second kappa shape index (κ2) is 15.4. The number of alkyl carbamates (subject to hydrolysis) is 1. The molecule has 3 aliphatic rings. The van der Waals surface area contributed by atoms with Crippen LogP contribution in [0.15, 0.2) is 78.9 Å². The number of nitrogens with zero attached hydrogens (tertiary/aromatic N) is 2. The van der Waals surface area contributed by atoms with Gasteiger partial charge in [-0.1, -0.05) is 73.7 Å². The van der Waals surface area contributed by atoms with Gasteiger partial charge in [0.1, 0.15) is 12.6 Å². The third kappa shape index (κ3) is 7.61. The number of anilines is 1. The molecule has 0 bridgehead atoms. The van der Waals surface area contributed by atoms with E-state index in [0.29, 0.717) is 18.3 Å². The maximum absolute atomic E-state index is 13.2. The van der Waals surface area contributed by atoms with E-state index < -0.39 is 30.2 Å². The Hall–Kier alpha value is -4.13. The van der Waals surface area contributed by atoms with E-state index in [1.807, 2.05) is 54.6 Å². The number of carbonyl (C=O) groups is 3. The van der Waals surface area contributed by atoms with Crippen LogP contribution in [0.4, 0.5) is 10.5 Å². The molecule has 0 saturated carbocycles. The van der Waals surface area contributed by atoms with Crippen molar-refractivity contribution >= 4 is 23.6 Å². The number of benzene rings is 3. The van der Waals surface area contributed by atoms with Gasteiger partial charge in [-0.2, -0.15) is 0 Å². The first-order valence-electron chi connectivity index (χ1n) is 16.5. The molecule has 3 saturated heterocycles. The third-order valence-electron chi connectivity index (χ3n) is 9.47. The SMILES string of the molecule is COC[C@@H]1CCCN1C[C@H]1O[C@@H](c2ccc(N3C(=O)CC(NC(=O)OCc4ccccc4)C3=O)cc2)O[C@@H](c2ccc(CO)cc2)[C@H]1C. The summed E-state index contributed by atoms with van der Waals surface area (Å²) in [4.78, 5) is 42.1. The Bertz CT molecular complexity index is 1550. The van der Waals surface area contributed by atoms with Crippen LogP contribution in [0.1, 0.15) is 60.8 Å². The first kappa shape index (κ1) is 33.8. The maximum atomic E-state index is 13.2. The molecule has 6 atom stereocenters. The van der Waals surface area contributed by atoms with Crippen LogP contribution in [0.5, 0.6) is 0 Å². The van der Waals surface area contributed by atoms with E-state index in [9.17, 15) is 19.5 Å². The van der Waals surface area contributed by atoms with Crippen LogP contribution in [0.2, 0.25) is 0 Å². The first-order valence-corrected chi connectivity index (χ1v) is 16.5. The summed E-state index contributed by atoms with van der Waals surface area (Å²) in [5.74, 6) is -0.901. The fourth-order valence-electron chi connectivity index (χ4n) is 6.78. The standard InChI is InChI=1S/C37H43N3O8/c1-24-32(20-39-18-6-9-30(39)23-45-2)47-36(48-34(24)27-12-10-25(21-41)11-13-27)28-14-16-29(17-15-28)40-33(42)19-31(35(40)43)38-37(44)46-22-26-7-4-3-5-8-26/h3-5,7-8,10-17,24,30-32,34,36,41H,6,9,18-23H2,1-2H3,(H,38,44)/t24-,30-,31?,32+,34+,36+/m0/s1. The molecule has 0 aliphatic carbocycles. The summed E-state index contributed by atoms with van der Waals surface area (Å²) in [6.45, 7) is 4.55. The number of rotatable bonds is 11. The topological polar surface area (TPSA) is 127 Å². The van der Waals surface area contributed by atoms with Crippen LogP contribution in [-0.4, -0.2) is 72.9 Å². The molecule has 11 heteroatoms. The predicted molar refractivity (Wildman–Crippen MR) is 177 cm³/mol. The van der Waals surface area contributed by atoms with Gasteiger partial charge in [-0.3, -0.25) is 14.5 Å². The Kier molecular flexibility index (Phi) is 10.8. The fourth-order valence-corrected chi connectivity index (χ4v) is 6.78. The molecule has 3 fully saturated rings. The molecule has 1 unspecified atom stereocenters. The highest BCUT2D eigenvalue weighted by Crippen LogP contribution is 2.42. The van der Waals surface area contributed by atoms with Gasteiger partial charge in [0.05, 0.1) is 37.5 Å². The number of likely N-dealkylation sites (tertiary alicyclic amines) is 1. The molecule has 11 nitrogen and oxygen atoms in total. The van der Waals surface area contributed by atoms with Crippen LogP contribution in [0, 0.1) is 5.92 Å². The molecule has 2 N–H and O–H groups in total. The van der Waals surface area contributed by atoms with Gasteiger partial charge in [-0.25, -0.2) is 9.69 Å². The van der Waals surface area contributed by atoms with Crippen molar-refractivity contribution in [1.82, 2.24) is 10.2 Å². The quantitative estimate of drug-likeness (QED) is 0.284. The Balaban J connectivity index is 1.15. The molecule has 3 amide bonds. The lowest BCUT2D eigenvalue weighted by Crippen LogP contribution is -2.46. The zero-order chi connectivity index (χ0) is 33.6. The smallest absolute Gasteiger partial charge is 0.408 e. The second-order valence-electron chi connectivity index (χ2n) is 12.7. The zero-order valence-corrected chi connectivity index (χ0v) is 27.3. The molecule has 0 spiro atoms. The number of hydrogen-bond acceptors (Lipinski definition) is 9. The third-order valence-corrected chi connectivity index (χ3v) is 9.47. The molecule has 3 aliphatic heterocycles. The highest BCUT2D eigenvalue weighted by molar-refractivity contribution is 6.22. The minimum absolute atomic E-state index is 0.0326. The number of aliphatic hydroxyl groups is 1. The van der Waals surface area contributed by atoms with Crippen molar-refractivity contribution in [2.45, 2.75) is 70.0 Å². The van der Waals surface area contributed by atoms with E-state index in [0.717, 1.165) is 53.1 Å². The lowest BCUT2D eigenvalue weighted by molar-refractivity contribution is -0.276. The molecule has 254 valence electrons. The molecule has 0 radical (unpaired) electrons. The van der Waals surface area contributed by atoms with Crippen LogP contribution in [0.3, 0.4) is 0 Å². The van der Waals surface area contributed by atoms with Gasteiger partial charge in [-0.15, -0.1) is 0 Å². The van der Waals surface area contributed by atoms with Gasteiger partial charge in [0.2, 0.25) is 5.91 Å². The van der Waals surface area contributed by atoms with Gasteiger partial charge in [-0.05, 0) is 48.2 Å². The average Bonchev–Trinajstić information content (AvgIpc) is 3.66. The Morgan fingerprint density at radius 2 is 1.69 bits per heavy atom. The molecule has 0 aromatic heterocycles. The Morgan fingerprint density at radius 3 is 2.40 bits per heavy atom. The molecule has 3 heterocycles. The van der Waals surface area contributed by atoms with E-state index in [1.54, 1.807) is 31.4 Å². The van der Waals surface area contributed by atoms with E-state index in [1.165, 1.54) is 0 Å². The maximum Gasteiger partial charge on any atom is 0.408 e. The first-order chi connectivity index (χ1) is 23.3. The van der Waals surface area contributed by atoms with Crippen LogP contribution in [0.25, 0.3) is 0 Å². The lowest BCUT2D eigenvalue weighted by atomic mass is 9.90. The normalized spacial score (nSPS) is 26.2. The van der Waals surface area contributed by atoms with E-state index in [2.05, 4.69) is 17.1 Å². The number of ether oxygens (including phenoxy) is 4. The minimum Gasteiger partial charge on any atom is -0.445 e. The van der Waals surface area contributed by atoms with Gasteiger partial charge in [0.15, 0.2) is 6.29 Å². The predicted octanol–water partition coefficient (Wildman–Crippen LogP) is 4.64. The molecule has 6 rings (SSSR count). The van der Waals surface area contributed by atoms with Crippen molar-refractivity contribution in [2.75, 3.05) is 31.7 Å². The van der Waals surface area contributed by atoms with Gasteiger partial charge >= 0.3 is 6.09 Å². The van der Waals surface area contributed by atoms with Crippen molar-refractivity contribution in [1.29, 1.82) is 0 Å². The van der Waals surface area contributed by atoms with E-state index >= 15 is 0 Å². The van der Waals surface area contributed by atoms with E-state index in [-0.39, 0.29) is 37.8 Å². The number of amides is 3. The molecule has 48 heavy (non-hydrogen) atoms. The lowest BCUT2D eigenvalue weighted by Gasteiger charge is -2.43. The second-order valence-corrected chi connectivity index (χ2v) is 12.7. The summed E-state index contributed by atoms with van der Waals surface area (Å²) in [7, 11) is 1.73. The van der Waals surface area contributed by atoms with Crippen molar-refractivity contribution in [2.24, 2.45) is 5.92 Å². The van der Waals surface area contributed by atoms with Gasteiger partial charge in [0, 0.05) is 31.2 Å². The summed E-state index contributed by atoms with van der Waals surface area (Å²) >= 11 is 0.